The van der Waals surface area contributed by atoms with Gasteiger partial charge >= 0.3 is 6.09 Å². The molecule has 4 heteroatoms. The minimum absolute atomic E-state index is 0.269. The summed E-state index contributed by atoms with van der Waals surface area (Å²) in [6.45, 7) is 0.291. The molecule has 3 aromatic rings. The number of amides is 1. The Hall–Kier alpha value is -3.14. The van der Waals surface area contributed by atoms with Gasteiger partial charge in [0.05, 0.1) is 0 Å². The first-order valence-corrected chi connectivity index (χ1v) is 8.54. The van der Waals surface area contributed by atoms with Crippen LogP contribution in [0.2, 0.25) is 0 Å². The van der Waals surface area contributed by atoms with Crippen molar-refractivity contribution in [1.29, 1.82) is 0 Å². The molecule has 0 unspecified atom stereocenters. The van der Waals surface area contributed by atoms with Crippen molar-refractivity contribution in [2.75, 3.05) is 0 Å². The molecule has 1 heterocycles. The van der Waals surface area contributed by atoms with Gasteiger partial charge in [-0.25, -0.2) is 9.18 Å². The molecule has 1 fully saturated rings. The van der Waals surface area contributed by atoms with Gasteiger partial charge in [0.25, 0.3) is 0 Å². The number of ether oxygens (including phenoxy) is 1. The monoisotopic (exact) mass is 347 g/mol. The fraction of sp³-hybridized carbons (Fsp3) is 0.136. The van der Waals surface area contributed by atoms with E-state index in [1.54, 1.807) is 11.0 Å². The Bertz CT molecular complexity index is 898. The average Bonchev–Trinajstić information content (AvgIpc) is 3.00. The van der Waals surface area contributed by atoms with Crippen LogP contribution in [-0.2, 0) is 11.3 Å². The quantitative estimate of drug-likeness (QED) is 0.644. The normalized spacial score (nSPS) is 19.4. The molecule has 0 radical (unpaired) electrons. The van der Waals surface area contributed by atoms with Gasteiger partial charge in [-0.15, -0.1) is 0 Å². The van der Waals surface area contributed by atoms with Crippen LogP contribution in [0.1, 0.15) is 28.8 Å². The molecule has 0 N–H and O–H groups in total. The SMILES string of the molecule is O=C1O[C@@H](c2ccccc2)[C@@H](c2ccccc2)N1Cc1cccc(F)c1. The van der Waals surface area contributed by atoms with Gasteiger partial charge in [0.2, 0.25) is 0 Å². The summed E-state index contributed by atoms with van der Waals surface area (Å²) in [6.07, 6.45) is -0.795. The first kappa shape index (κ1) is 16.3. The van der Waals surface area contributed by atoms with Crippen LogP contribution < -0.4 is 0 Å². The van der Waals surface area contributed by atoms with Gasteiger partial charge < -0.3 is 4.74 Å². The Morgan fingerprint density at radius 1 is 0.846 bits per heavy atom. The lowest BCUT2D eigenvalue weighted by atomic mass is 9.95. The zero-order chi connectivity index (χ0) is 17.9. The van der Waals surface area contributed by atoms with Crippen molar-refractivity contribution in [3.05, 3.63) is 107 Å². The Labute approximate surface area is 151 Å². The fourth-order valence-corrected chi connectivity index (χ4v) is 3.41. The van der Waals surface area contributed by atoms with Crippen molar-refractivity contribution in [3.8, 4) is 0 Å². The van der Waals surface area contributed by atoms with Gasteiger partial charge in [0, 0.05) is 6.54 Å². The van der Waals surface area contributed by atoms with Crippen molar-refractivity contribution in [1.82, 2.24) is 4.90 Å². The molecule has 2 atom stereocenters. The van der Waals surface area contributed by atoms with Crippen molar-refractivity contribution in [2.24, 2.45) is 0 Å². The summed E-state index contributed by atoms with van der Waals surface area (Å²) in [5, 5.41) is 0. The van der Waals surface area contributed by atoms with E-state index in [1.165, 1.54) is 12.1 Å². The smallest absolute Gasteiger partial charge is 0.411 e. The summed E-state index contributed by atoms with van der Waals surface area (Å²) < 4.78 is 19.3. The second kappa shape index (κ2) is 7.00. The van der Waals surface area contributed by atoms with Crippen LogP contribution in [0.3, 0.4) is 0 Å². The minimum Gasteiger partial charge on any atom is -0.439 e. The summed E-state index contributed by atoms with van der Waals surface area (Å²) in [5.41, 5.74) is 2.66. The first-order chi connectivity index (χ1) is 12.7. The predicted molar refractivity (Wildman–Crippen MR) is 96.8 cm³/mol. The van der Waals surface area contributed by atoms with Crippen molar-refractivity contribution >= 4 is 6.09 Å². The third-order valence-electron chi connectivity index (χ3n) is 4.60. The molecule has 1 saturated heterocycles. The molecule has 1 aliphatic rings. The van der Waals surface area contributed by atoms with Gasteiger partial charge in [0.15, 0.2) is 6.10 Å². The summed E-state index contributed by atoms with van der Waals surface area (Å²) in [5.74, 6) is -0.314. The van der Waals surface area contributed by atoms with E-state index in [9.17, 15) is 9.18 Å². The molecule has 0 spiro atoms. The van der Waals surface area contributed by atoms with E-state index >= 15 is 0 Å². The highest BCUT2D eigenvalue weighted by molar-refractivity contribution is 5.71. The predicted octanol–water partition coefficient (Wildman–Crippen LogP) is 5.26. The first-order valence-electron chi connectivity index (χ1n) is 8.54. The van der Waals surface area contributed by atoms with E-state index < -0.39 is 12.2 Å². The Kier molecular flexibility index (Phi) is 4.40. The molecule has 1 amide bonds. The zero-order valence-electron chi connectivity index (χ0n) is 14.1. The van der Waals surface area contributed by atoms with Crippen molar-refractivity contribution in [2.45, 2.75) is 18.7 Å². The summed E-state index contributed by atoms with van der Waals surface area (Å²) in [6, 6.07) is 25.6. The molecule has 4 rings (SSSR count). The van der Waals surface area contributed by atoms with Crippen LogP contribution >= 0.6 is 0 Å². The molecule has 26 heavy (non-hydrogen) atoms. The van der Waals surface area contributed by atoms with Crippen LogP contribution in [-0.4, -0.2) is 11.0 Å². The van der Waals surface area contributed by atoms with Crippen LogP contribution in [0, 0.1) is 5.82 Å². The van der Waals surface area contributed by atoms with Crippen molar-refractivity contribution < 1.29 is 13.9 Å². The molecular weight excluding hydrogens is 329 g/mol. The maximum atomic E-state index is 13.6. The maximum absolute atomic E-state index is 13.6. The van der Waals surface area contributed by atoms with Crippen LogP contribution in [0.4, 0.5) is 9.18 Å². The number of hydrogen-bond acceptors (Lipinski definition) is 2. The second-order valence-electron chi connectivity index (χ2n) is 6.33. The van der Waals surface area contributed by atoms with Crippen molar-refractivity contribution in [3.63, 3.8) is 0 Å². The Morgan fingerprint density at radius 2 is 1.50 bits per heavy atom. The molecule has 0 bridgehead atoms. The van der Waals surface area contributed by atoms with E-state index in [0.717, 1.165) is 16.7 Å². The maximum Gasteiger partial charge on any atom is 0.411 e. The molecule has 130 valence electrons. The van der Waals surface area contributed by atoms with Gasteiger partial charge in [-0.1, -0.05) is 72.8 Å². The molecule has 0 aromatic heterocycles. The Morgan fingerprint density at radius 3 is 2.15 bits per heavy atom. The zero-order valence-corrected chi connectivity index (χ0v) is 14.1. The molecule has 0 aliphatic carbocycles. The summed E-state index contributed by atoms with van der Waals surface area (Å²) in [4.78, 5) is 14.3. The van der Waals surface area contributed by atoms with Crippen LogP contribution in [0.15, 0.2) is 84.9 Å². The highest BCUT2D eigenvalue weighted by Gasteiger charge is 2.43. The van der Waals surface area contributed by atoms with Gasteiger partial charge in [-0.05, 0) is 28.8 Å². The number of halogens is 1. The fourth-order valence-electron chi connectivity index (χ4n) is 3.41. The minimum atomic E-state index is -0.403. The number of benzene rings is 3. The highest BCUT2D eigenvalue weighted by atomic mass is 19.1. The van der Waals surface area contributed by atoms with E-state index in [2.05, 4.69) is 0 Å². The standard InChI is InChI=1S/C22H18FNO2/c23-19-13-7-8-16(14-19)15-24-20(17-9-3-1-4-10-17)21(26-22(24)25)18-11-5-2-6-12-18/h1-14,20-21H,15H2/t20-,21+/m1/s1. The topological polar surface area (TPSA) is 29.5 Å². The third-order valence-corrected chi connectivity index (χ3v) is 4.60. The summed E-state index contributed by atoms with van der Waals surface area (Å²) in [7, 11) is 0. The van der Waals surface area contributed by atoms with E-state index in [4.69, 9.17) is 4.74 Å². The lowest BCUT2D eigenvalue weighted by Gasteiger charge is -2.25. The van der Waals surface area contributed by atoms with E-state index in [-0.39, 0.29) is 11.9 Å². The molecule has 3 aromatic carbocycles. The molecular formula is C22H18FNO2. The average molecular weight is 347 g/mol. The largest absolute Gasteiger partial charge is 0.439 e. The van der Waals surface area contributed by atoms with Gasteiger partial charge in [-0.2, -0.15) is 0 Å². The Balaban J connectivity index is 1.73. The number of hydrogen-bond donors (Lipinski definition) is 0. The highest BCUT2D eigenvalue weighted by Crippen LogP contribution is 2.43. The third kappa shape index (κ3) is 3.18. The number of carbonyl (C=O) groups excluding carboxylic acids is 1. The lowest BCUT2D eigenvalue weighted by Crippen LogP contribution is -2.27. The number of carbonyl (C=O) groups is 1. The molecule has 1 aliphatic heterocycles. The molecule has 0 saturated carbocycles. The number of rotatable bonds is 4. The van der Waals surface area contributed by atoms with E-state index in [0.29, 0.717) is 6.54 Å². The van der Waals surface area contributed by atoms with Crippen LogP contribution in [0.5, 0.6) is 0 Å². The lowest BCUT2D eigenvalue weighted by molar-refractivity contribution is 0.129. The number of cyclic esters (lactones) is 1. The number of nitrogens with zero attached hydrogens (tertiary/aromatic N) is 1. The summed E-state index contributed by atoms with van der Waals surface area (Å²) >= 11 is 0. The van der Waals surface area contributed by atoms with Gasteiger partial charge in [0.1, 0.15) is 11.9 Å². The van der Waals surface area contributed by atoms with Gasteiger partial charge in [-0.3, -0.25) is 4.90 Å². The molecule has 3 nitrogen and oxygen atoms in total. The second-order valence-corrected chi connectivity index (χ2v) is 6.33. The van der Waals surface area contributed by atoms with Crippen LogP contribution in [0.25, 0.3) is 0 Å². The van der Waals surface area contributed by atoms with E-state index in [1.807, 2.05) is 66.7 Å².